The molecule has 4 rings (SSSR count). The predicted octanol–water partition coefficient (Wildman–Crippen LogP) is 4.90. The highest BCUT2D eigenvalue weighted by atomic mass is 35.5. The molecule has 1 saturated heterocycles. The molecule has 0 bridgehead atoms. The number of aryl methyl sites for hydroxylation is 1. The fraction of sp³-hybridized carbons (Fsp3) is 0.115. The molecule has 2 N–H and O–H groups in total. The number of nitrogens with zero attached hydrogens (tertiary/aromatic N) is 1. The molecule has 0 aliphatic carbocycles. The number of anilines is 1. The minimum Gasteiger partial charge on any atom is -0.482 e. The van der Waals surface area contributed by atoms with Crippen LogP contribution < -0.4 is 15.4 Å². The lowest BCUT2D eigenvalue weighted by atomic mass is 10.1. The van der Waals surface area contributed by atoms with E-state index < -0.39 is 23.7 Å². The molecule has 0 atom stereocenters. The molecule has 0 unspecified atom stereocenters. The Morgan fingerprint density at radius 3 is 2.57 bits per heavy atom. The van der Waals surface area contributed by atoms with E-state index >= 15 is 0 Å². The van der Waals surface area contributed by atoms with Crippen LogP contribution in [0.4, 0.5) is 14.9 Å². The number of rotatable bonds is 7. The molecule has 7 nitrogen and oxygen atoms in total. The van der Waals surface area contributed by atoms with E-state index in [1.165, 1.54) is 30.3 Å². The molecule has 35 heavy (non-hydrogen) atoms. The summed E-state index contributed by atoms with van der Waals surface area (Å²) < 4.78 is 19.1. The maximum Gasteiger partial charge on any atom is 0.329 e. The smallest absolute Gasteiger partial charge is 0.329 e. The van der Waals surface area contributed by atoms with Gasteiger partial charge < -0.3 is 15.4 Å². The third-order valence-corrected chi connectivity index (χ3v) is 5.49. The third-order valence-electron chi connectivity index (χ3n) is 5.20. The van der Waals surface area contributed by atoms with Gasteiger partial charge in [0, 0.05) is 0 Å². The molecule has 0 saturated carbocycles. The number of ether oxygens (including phenoxy) is 1. The van der Waals surface area contributed by atoms with E-state index in [0.29, 0.717) is 5.56 Å². The topological polar surface area (TPSA) is 87.7 Å². The lowest BCUT2D eigenvalue weighted by molar-refractivity contribution is -0.123. The first-order valence-corrected chi connectivity index (χ1v) is 11.0. The number of hydrogen-bond acceptors (Lipinski definition) is 4. The highest BCUT2D eigenvalue weighted by molar-refractivity contribution is 6.32. The second-order valence-corrected chi connectivity index (χ2v) is 8.28. The van der Waals surface area contributed by atoms with Crippen molar-refractivity contribution in [3.63, 3.8) is 0 Å². The molecule has 0 spiro atoms. The van der Waals surface area contributed by atoms with Crippen molar-refractivity contribution in [2.45, 2.75) is 13.5 Å². The van der Waals surface area contributed by atoms with Gasteiger partial charge in [0.1, 0.15) is 17.3 Å². The first-order chi connectivity index (χ1) is 16.8. The van der Waals surface area contributed by atoms with Crippen LogP contribution in [-0.2, 0) is 16.1 Å². The van der Waals surface area contributed by atoms with Crippen molar-refractivity contribution in [3.05, 3.63) is 100.0 Å². The Labute approximate surface area is 206 Å². The van der Waals surface area contributed by atoms with Crippen molar-refractivity contribution < 1.29 is 23.5 Å². The summed E-state index contributed by atoms with van der Waals surface area (Å²) in [6.45, 7) is 1.74. The first-order valence-electron chi connectivity index (χ1n) is 10.7. The number of halogens is 2. The summed E-state index contributed by atoms with van der Waals surface area (Å²) in [4.78, 5) is 38.2. The fourth-order valence-corrected chi connectivity index (χ4v) is 3.62. The Kier molecular flexibility index (Phi) is 7.12. The highest BCUT2D eigenvalue weighted by Crippen LogP contribution is 2.27. The number of imide groups is 1. The van der Waals surface area contributed by atoms with Crippen LogP contribution in [0.1, 0.15) is 16.7 Å². The standard InChI is InChI=1S/C26H21ClFN3O4/c1-16-6-8-17(9-7-16)14-31-25(33)22(30-26(31)34)13-18-10-11-23(19(27)12-18)35-15-24(32)29-21-5-3-2-4-20(21)28/h2-13H,14-15H2,1H3,(H,29,32)(H,30,34)/b22-13-. The Morgan fingerprint density at radius 1 is 1.11 bits per heavy atom. The number of nitrogens with one attached hydrogen (secondary N) is 2. The minimum atomic E-state index is -0.553. The molecular weight excluding hydrogens is 473 g/mol. The number of amides is 4. The second-order valence-electron chi connectivity index (χ2n) is 7.87. The summed E-state index contributed by atoms with van der Waals surface area (Å²) in [5, 5.41) is 5.20. The van der Waals surface area contributed by atoms with Gasteiger partial charge in [-0.05, 0) is 48.4 Å². The number of carbonyl (C=O) groups is 3. The molecule has 3 aromatic carbocycles. The zero-order chi connectivity index (χ0) is 24.9. The van der Waals surface area contributed by atoms with Crippen LogP contribution in [0, 0.1) is 12.7 Å². The molecule has 4 amide bonds. The number of para-hydroxylation sites is 1. The Balaban J connectivity index is 1.39. The molecule has 1 aliphatic heterocycles. The Hall–Kier alpha value is -4.17. The zero-order valence-corrected chi connectivity index (χ0v) is 19.4. The predicted molar refractivity (Wildman–Crippen MR) is 130 cm³/mol. The van der Waals surface area contributed by atoms with E-state index in [2.05, 4.69) is 10.6 Å². The summed E-state index contributed by atoms with van der Waals surface area (Å²) in [5.41, 5.74) is 2.65. The number of carbonyl (C=O) groups excluding carboxylic acids is 3. The summed E-state index contributed by atoms with van der Waals surface area (Å²) >= 11 is 6.27. The van der Waals surface area contributed by atoms with Crippen LogP contribution in [0.5, 0.6) is 5.75 Å². The van der Waals surface area contributed by atoms with Gasteiger partial charge in [-0.15, -0.1) is 0 Å². The van der Waals surface area contributed by atoms with Crippen molar-refractivity contribution >= 4 is 41.2 Å². The first kappa shape index (κ1) is 24.0. The lowest BCUT2D eigenvalue weighted by Gasteiger charge is -2.12. The van der Waals surface area contributed by atoms with Crippen molar-refractivity contribution in [2.24, 2.45) is 0 Å². The van der Waals surface area contributed by atoms with Crippen LogP contribution >= 0.6 is 11.6 Å². The normalized spacial score (nSPS) is 14.3. The minimum absolute atomic E-state index is 0.0499. The van der Waals surface area contributed by atoms with Gasteiger partial charge in [0.2, 0.25) is 0 Å². The quantitative estimate of drug-likeness (QED) is 0.362. The van der Waals surface area contributed by atoms with Gasteiger partial charge in [-0.2, -0.15) is 0 Å². The summed E-state index contributed by atoms with van der Waals surface area (Å²) in [7, 11) is 0. The highest BCUT2D eigenvalue weighted by Gasteiger charge is 2.33. The molecule has 3 aromatic rings. The van der Waals surface area contributed by atoms with Gasteiger partial charge in [0.25, 0.3) is 11.8 Å². The van der Waals surface area contributed by atoms with Crippen molar-refractivity contribution in [3.8, 4) is 5.75 Å². The van der Waals surface area contributed by atoms with Gasteiger partial charge in [-0.3, -0.25) is 14.5 Å². The molecule has 1 fully saturated rings. The van der Waals surface area contributed by atoms with Crippen molar-refractivity contribution in [1.29, 1.82) is 0 Å². The molecular formula is C26H21ClFN3O4. The van der Waals surface area contributed by atoms with Gasteiger partial charge >= 0.3 is 6.03 Å². The monoisotopic (exact) mass is 493 g/mol. The molecule has 0 radical (unpaired) electrons. The van der Waals surface area contributed by atoms with Crippen LogP contribution in [0.2, 0.25) is 5.02 Å². The summed E-state index contributed by atoms with van der Waals surface area (Å²) in [6, 6.07) is 17.6. The number of urea groups is 1. The summed E-state index contributed by atoms with van der Waals surface area (Å²) in [6.07, 6.45) is 1.51. The Morgan fingerprint density at radius 2 is 1.86 bits per heavy atom. The van der Waals surface area contributed by atoms with E-state index in [1.807, 2.05) is 31.2 Å². The van der Waals surface area contributed by atoms with Crippen molar-refractivity contribution in [2.75, 3.05) is 11.9 Å². The van der Waals surface area contributed by atoms with Crippen molar-refractivity contribution in [1.82, 2.24) is 10.2 Å². The van der Waals surface area contributed by atoms with Crippen LogP contribution in [-0.4, -0.2) is 29.4 Å². The maximum absolute atomic E-state index is 13.7. The second kappa shape index (κ2) is 10.4. The maximum atomic E-state index is 13.7. The Bertz CT molecular complexity index is 1320. The fourth-order valence-electron chi connectivity index (χ4n) is 3.37. The molecule has 1 aliphatic rings. The number of benzene rings is 3. The largest absolute Gasteiger partial charge is 0.482 e. The van der Waals surface area contributed by atoms with Gasteiger partial charge in [-0.1, -0.05) is 59.6 Å². The lowest BCUT2D eigenvalue weighted by Crippen LogP contribution is -2.30. The average Bonchev–Trinajstić information content (AvgIpc) is 3.08. The third kappa shape index (κ3) is 5.85. The molecule has 178 valence electrons. The molecule has 1 heterocycles. The van der Waals surface area contributed by atoms with E-state index in [-0.39, 0.29) is 35.3 Å². The number of hydrogen-bond donors (Lipinski definition) is 2. The van der Waals surface area contributed by atoms with E-state index in [4.69, 9.17) is 16.3 Å². The van der Waals surface area contributed by atoms with Gasteiger partial charge in [-0.25, -0.2) is 9.18 Å². The van der Waals surface area contributed by atoms with Gasteiger partial charge in [0.15, 0.2) is 6.61 Å². The SMILES string of the molecule is Cc1ccc(CN2C(=O)N/C(=C\c3ccc(OCC(=O)Nc4ccccc4F)c(Cl)c3)C2=O)cc1. The zero-order valence-electron chi connectivity index (χ0n) is 18.7. The van der Waals surface area contributed by atoms with Crippen LogP contribution in [0.3, 0.4) is 0 Å². The van der Waals surface area contributed by atoms with E-state index in [0.717, 1.165) is 16.0 Å². The van der Waals surface area contributed by atoms with Crippen LogP contribution in [0.25, 0.3) is 6.08 Å². The molecule has 0 aromatic heterocycles. The van der Waals surface area contributed by atoms with Gasteiger partial charge in [0.05, 0.1) is 17.3 Å². The van der Waals surface area contributed by atoms with E-state index in [9.17, 15) is 18.8 Å². The molecule has 9 heteroatoms. The van der Waals surface area contributed by atoms with E-state index in [1.54, 1.807) is 18.2 Å². The summed E-state index contributed by atoms with van der Waals surface area (Å²) in [5.74, 6) is -1.32. The average molecular weight is 494 g/mol. The van der Waals surface area contributed by atoms with Crippen LogP contribution in [0.15, 0.2) is 72.4 Å².